The van der Waals surface area contributed by atoms with E-state index in [-0.39, 0.29) is 5.28 Å². The van der Waals surface area contributed by atoms with Gasteiger partial charge < -0.3 is 5.73 Å². The molecule has 2 heterocycles. The van der Waals surface area contributed by atoms with Gasteiger partial charge in [-0.25, -0.2) is 4.98 Å². The summed E-state index contributed by atoms with van der Waals surface area (Å²) in [6.45, 7) is 0. The van der Waals surface area contributed by atoms with E-state index in [2.05, 4.69) is 9.97 Å². The van der Waals surface area contributed by atoms with Crippen LogP contribution in [0, 0.1) is 11.3 Å². The van der Waals surface area contributed by atoms with Gasteiger partial charge in [-0.05, 0) is 23.7 Å². The molecule has 2 aromatic heterocycles. The fourth-order valence-electron chi connectivity index (χ4n) is 1.21. The van der Waals surface area contributed by atoms with E-state index >= 15 is 0 Å². The van der Waals surface area contributed by atoms with Gasteiger partial charge in [0.15, 0.2) is 5.82 Å². The van der Waals surface area contributed by atoms with Crippen molar-refractivity contribution in [3.8, 4) is 11.9 Å². The first-order valence-corrected chi connectivity index (χ1v) is 4.46. The number of aromatic nitrogens is 3. The second-order valence-electron chi connectivity index (χ2n) is 2.79. The molecule has 2 N–H and O–H groups in total. The van der Waals surface area contributed by atoms with Gasteiger partial charge >= 0.3 is 0 Å². The van der Waals surface area contributed by atoms with E-state index in [0.29, 0.717) is 17.2 Å². The maximum absolute atomic E-state index is 8.84. The number of halogens is 1. The third kappa shape index (κ3) is 1.63. The highest BCUT2D eigenvalue weighted by Crippen LogP contribution is 2.17. The van der Waals surface area contributed by atoms with Gasteiger partial charge in [0.25, 0.3) is 0 Å². The highest BCUT2D eigenvalue weighted by molar-refractivity contribution is 6.28. The Bertz CT molecular complexity index is 540. The van der Waals surface area contributed by atoms with E-state index in [1.807, 2.05) is 6.07 Å². The maximum Gasteiger partial charge on any atom is 0.224 e. The fourth-order valence-corrected chi connectivity index (χ4v) is 1.34. The Hall–Kier alpha value is -2.06. The third-order valence-corrected chi connectivity index (χ3v) is 2.04. The number of nitrogens with zero attached hydrogens (tertiary/aromatic N) is 4. The Balaban J connectivity index is 2.64. The lowest BCUT2D eigenvalue weighted by Gasteiger charge is -2.06. The van der Waals surface area contributed by atoms with Crippen molar-refractivity contribution in [3.63, 3.8) is 0 Å². The van der Waals surface area contributed by atoms with Gasteiger partial charge in [0.1, 0.15) is 11.8 Å². The molecular weight excluding hydrogens is 214 g/mol. The first-order valence-electron chi connectivity index (χ1n) is 4.08. The predicted molar refractivity (Wildman–Crippen MR) is 55.5 cm³/mol. The van der Waals surface area contributed by atoms with E-state index < -0.39 is 0 Å². The summed E-state index contributed by atoms with van der Waals surface area (Å²) < 4.78 is 1.56. The Labute approximate surface area is 90.7 Å². The van der Waals surface area contributed by atoms with Crippen LogP contribution in [-0.4, -0.2) is 14.5 Å². The lowest BCUT2D eigenvalue weighted by Crippen LogP contribution is -2.04. The Morgan fingerprint density at radius 2 is 2.33 bits per heavy atom. The minimum Gasteiger partial charge on any atom is -0.394 e. The topological polar surface area (TPSA) is 80.5 Å². The summed E-state index contributed by atoms with van der Waals surface area (Å²) in [4.78, 5) is 7.70. The van der Waals surface area contributed by atoms with E-state index in [4.69, 9.17) is 22.6 Å². The zero-order chi connectivity index (χ0) is 10.8. The first-order chi connectivity index (χ1) is 7.22. The van der Waals surface area contributed by atoms with Crippen molar-refractivity contribution in [3.05, 3.63) is 35.5 Å². The lowest BCUT2D eigenvalue weighted by molar-refractivity contribution is 0.972. The molecule has 5 nitrogen and oxygen atoms in total. The van der Waals surface area contributed by atoms with Crippen LogP contribution in [0.2, 0.25) is 5.28 Å². The second kappa shape index (κ2) is 3.59. The molecule has 6 heteroatoms. The van der Waals surface area contributed by atoms with Crippen LogP contribution in [0.3, 0.4) is 0 Å². The molecule has 0 aliphatic carbocycles. The van der Waals surface area contributed by atoms with Gasteiger partial charge in [-0.15, -0.1) is 0 Å². The molecule has 0 saturated heterocycles. The standard InChI is InChI=1S/C9H6ClN5/c10-9-13-5-7(12)8(14-9)15-3-1-2-6(15)4-11/h1-3,5H,12H2. The van der Waals surface area contributed by atoms with Crippen molar-refractivity contribution in [2.45, 2.75) is 0 Å². The average molecular weight is 220 g/mol. The monoisotopic (exact) mass is 219 g/mol. The van der Waals surface area contributed by atoms with Crippen molar-refractivity contribution < 1.29 is 0 Å². The Morgan fingerprint density at radius 1 is 1.53 bits per heavy atom. The molecule has 0 unspecified atom stereocenters. The van der Waals surface area contributed by atoms with Crippen LogP contribution in [0.1, 0.15) is 5.69 Å². The largest absolute Gasteiger partial charge is 0.394 e. The highest BCUT2D eigenvalue weighted by Gasteiger charge is 2.08. The van der Waals surface area contributed by atoms with E-state index in [0.717, 1.165) is 0 Å². The summed E-state index contributed by atoms with van der Waals surface area (Å²) in [5, 5.41) is 8.94. The molecule has 0 aliphatic heterocycles. The van der Waals surface area contributed by atoms with E-state index in [1.54, 1.807) is 22.9 Å². The fraction of sp³-hybridized carbons (Fsp3) is 0. The number of rotatable bonds is 1. The van der Waals surface area contributed by atoms with Crippen molar-refractivity contribution in [1.29, 1.82) is 5.26 Å². The number of nitrogen functional groups attached to an aromatic ring is 1. The van der Waals surface area contributed by atoms with Crippen LogP contribution < -0.4 is 5.73 Å². The highest BCUT2D eigenvalue weighted by atomic mass is 35.5. The summed E-state index contributed by atoms with van der Waals surface area (Å²) >= 11 is 5.66. The second-order valence-corrected chi connectivity index (χ2v) is 3.13. The normalized spacial score (nSPS) is 9.87. The summed E-state index contributed by atoms with van der Waals surface area (Å²) in [7, 11) is 0. The molecule has 2 aromatic rings. The third-order valence-electron chi connectivity index (χ3n) is 1.86. The maximum atomic E-state index is 8.84. The summed E-state index contributed by atoms with van der Waals surface area (Å²) in [6.07, 6.45) is 3.10. The molecule has 74 valence electrons. The van der Waals surface area contributed by atoms with Crippen LogP contribution in [0.5, 0.6) is 0 Å². The number of anilines is 1. The molecule has 2 rings (SSSR count). The minimum absolute atomic E-state index is 0.0942. The van der Waals surface area contributed by atoms with Gasteiger partial charge in [-0.1, -0.05) is 0 Å². The van der Waals surface area contributed by atoms with Gasteiger partial charge in [0, 0.05) is 6.20 Å². The zero-order valence-electron chi connectivity index (χ0n) is 7.55. The molecule has 0 saturated carbocycles. The quantitative estimate of drug-likeness (QED) is 0.735. The molecule has 0 radical (unpaired) electrons. The smallest absolute Gasteiger partial charge is 0.224 e. The van der Waals surface area contributed by atoms with Gasteiger partial charge in [0.2, 0.25) is 5.28 Å². The van der Waals surface area contributed by atoms with Crippen LogP contribution in [-0.2, 0) is 0 Å². The molecule has 15 heavy (non-hydrogen) atoms. The van der Waals surface area contributed by atoms with Crippen molar-refractivity contribution in [1.82, 2.24) is 14.5 Å². The van der Waals surface area contributed by atoms with Crippen molar-refractivity contribution in [2.24, 2.45) is 0 Å². The van der Waals surface area contributed by atoms with E-state index in [9.17, 15) is 0 Å². The number of nitrogens with two attached hydrogens (primary N) is 1. The number of hydrogen-bond donors (Lipinski definition) is 1. The van der Waals surface area contributed by atoms with Crippen LogP contribution in [0.4, 0.5) is 5.69 Å². The molecule has 0 aromatic carbocycles. The lowest BCUT2D eigenvalue weighted by atomic mass is 10.4. The number of hydrogen-bond acceptors (Lipinski definition) is 4. The SMILES string of the molecule is N#Cc1cccn1-c1nc(Cl)ncc1N. The first kappa shape index (κ1) is 9.49. The van der Waals surface area contributed by atoms with Gasteiger partial charge in [-0.2, -0.15) is 10.2 Å². The Kier molecular flexibility index (Phi) is 2.27. The van der Waals surface area contributed by atoms with Crippen molar-refractivity contribution >= 4 is 17.3 Å². The minimum atomic E-state index is 0.0942. The molecule has 0 bridgehead atoms. The molecule has 0 aliphatic rings. The van der Waals surface area contributed by atoms with Crippen LogP contribution in [0.25, 0.3) is 5.82 Å². The Morgan fingerprint density at radius 3 is 3.07 bits per heavy atom. The molecule has 0 fully saturated rings. The number of nitriles is 1. The van der Waals surface area contributed by atoms with Gasteiger partial charge in [0.05, 0.1) is 11.9 Å². The molecule has 0 spiro atoms. The molecular formula is C9H6ClN5. The van der Waals surface area contributed by atoms with Crippen molar-refractivity contribution in [2.75, 3.05) is 5.73 Å². The zero-order valence-corrected chi connectivity index (χ0v) is 8.31. The summed E-state index contributed by atoms with van der Waals surface area (Å²) in [6, 6.07) is 5.42. The summed E-state index contributed by atoms with van der Waals surface area (Å²) in [5.74, 6) is 0.413. The average Bonchev–Trinajstić information content (AvgIpc) is 2.69. The van der Waals surface area contributed by atoms with Crippen LogP contribution in [0.15, 0.2) is 24.5 Å². The van der Waals surface area contributed by atoms with E-state index in [1.165, 1.54) is 6.20 Å². The summed E-state index contributed by atoms with van der Waals surface area (Å²) in [5.41, 5.74) is 6.50. The van der Waals surface area contributed by atoms with Gasteiger partial charge in [-0.3, -0.25) is 4.57 Å². The molecule has 0 atom stereocenters. The predicted octanol–water partition coefficient (Wildman–Crippen LogP) is 1.37. The molecule has 0 amide bonds. The van der Waals surface area contributed by atoms with Crippen LogP contribution >= 0.6 is 11.6 Å².